The Hall–Kier alpha value is -2.17. The minimum Gasteiger partial charge on any atom is -0.342 e. The molecular formula is C22H29N3O. The van der Waals surface area contributed by atoms with Crippen molar-refractivity contribution in [3.05, 3.63) is 71.8 Å². The van der Waals surface area contributed by atoms with Crippen molar-refractivity contribution in [3.63, 3.8) is 0 Å². The maximum absolute atomic E-state index is 12.8. The molecule has 0 saturated carbocycles. The van der Waals surface area contributed by atoms with Crippen LogP contribution >= 0.6 is 0 Å². The molecule has 0 bridgehead atoms. The van der Waals surface area contributed by atoms with Crippen LogP contribution in [0.25, 0.3) is 0 Å². The first-order valence-corrected chi connectivity index (χ1v) is 9.52. The third kappa shape index (κ3) is 5.41. The highest BCUT2D eigenvalue weighted by atomic mass is 16.2. The van der Waals surface area contributed by atoms with Gasteiger partial charge >= 0.3 is 0 Å². The van der Waals surface area contributed by atoms with Gasteiger partial charge in [-0.2, -0.15) is 0 Å². The van der Waals surface area contributed by atoms with Crippen LogP contribution in [0.5, 0.6) is 0 Å². The van der Waals surface area contributed by atoms with Crippen LogP contribution in [0, 0.1) is 5.92 Å². The van der Waals surface area contributed by atoms with Gasteiger partial charge in [0.15, 0.2) is 0 Å². The van der Waals surface area contributed by atoms with Crippen molar-refractivity contribution in [1.82, 2.24) is 9.80 Å². The van der Waals surface area contributed by atoms with Gasteiger partial charge in [0.2, 0.25) is 5.91 Å². The minimum atomic E-state index is 0.229. The second-order valence-electron chi connectivity index (χ2n) is 7.18. The molecule has 4 nitrogen and oxygen atoms in total. The zero-order valence-corrected chi connectivity index (χ0v) is 15.4. The number of rotatable bonds is 7. The molecule has 2 aromatic carbocycles. The quantitative estimate of drug-likeness (QED) is 0.834. The molecule has 1 aliphatic heterocycles. The third-order valence-corrected chi connectivity index (χ3v) is 5.16. The molecule has 0 unspecified atom stereocenters. The molecule has 1 amide bonds. The fourth-order valence-electron chi connectivity index (χ4n) is 3.56. The second kappa shape index (κ2) is 9.51. The third-order valence-electron chi connectivity index (χ3n) is 5.16. The number of piperidine rings is 1. The first kappa shape index (κ1) is 18.6. The summed E-state index contributed by atoms with van der Waals surface area (Å²) in [5, 5.41) is 0. The molecular weight excluding hydrogens is 322 g/mol. The number of hydrogen-bond donors (Lipinski definition) is 1. The van der Waals surface area contributed by atoms with Gasteiger partial charge in [0.1, 0.15) is 0 Å². The maximum atomic E-state index is 12.8. The summed E-state index contributed by atoms with van der Waals surface area (Å²) in [7, 11) is 0. The molecule has 1 aliphatic rings. The molecule has 0 radical (unpaired) electrons. The average Bonchev–Trinajstić information content (AvgIpc) is 2.69. The summed E-state index contributed by atoms with van der Waals surface area (Å²) >= 11 is 0. The summed E-state index contributed by atoms with van der Waals surface area (Å²) in [6.45, 7) is 4.42. The number of amides is 1. The Labute approximate surface area is 156 Å². The molecule has 138 valence electrons. The van der Waals surface area contributed by atoms with Crippen LogP contribution in [0.15, 0.2) is 60.7 Å². The number of nitrogens with two attached hydrogens (primary N) is 1. The molecule has 1 saturated heterocycles. The number of carbonyl (C=O) groups excluding carboxylic acids is 1. The lowest BCUT2D eigenvalue weighted by Gasteiger charge is -2.33. The first-order chi connectivity index (χ1) is 12.7. The fraction of sp³-hybridized carbons (Fsp3) is 0.409. The lowest BCUT2D eigenvalue weighted by atomic mass is 9.97. The van der Waals surface area contributed by atoms with E-state index < -0.39 is 0 Å². The highest BCUT2D eigenvalue weighted by molar-refractivity contribution is 5.78. The van der Waals surface area contributed by atoms with Gasteiger partial charge in [0, 0.05) is 26.2 Å². The van der Waals surface area contributed by atoms with Crippen molar-refractivity contribution in [2.45, 2.75) is 25.9 Å². The Morgan fingerprint density at radius 2 is 1.42 bits per heavy atom. The van der Waals surface area contributed by atoms with E-state index in [2.05, 4.69) is 53.4 Å². The largest absolute Gasteiger partial charge is 0.342 e. The summed E-state index contributed by atoms with van der Waals surface area (Å²) in [5.41, 5.74) is 8.23. The maximum Gasteiger partial charge on any atom is 0.236 e. The monoisotopic (exact) mass is 351 g/mol. The second-order valence-corrected chi connectivity index (χ2v) is 7.18. The Morgan fingerprint density at radius 3 is 1.88 bits per heavy atom. The molecule has 0 atom stereocenters. The molecule has 1 fully saturated rings. The predicted octanol–water partition coefficient (Wildman–Crippen LogP) is 2.89. The molecule has 0 spiro atoms. The zero-order chi connectivity index (χ0) is 18.2. The lowest BCUT2D eigenvalue weighted by Crippen LogP contribution is -2.44. The van der Waals surface area contributed by atoms with E-state index in [9.17, 15) is 4.79 Å². The van der Waals surface area contributed by atoms with E-state index in [4.69, 9.17) is 5.73 Å². The smallest absolute Gasteiger partial charge is 0.236 e. The highest BCUT2D eigenvalue weighted by Crippen LogP contribution is 2.17. The van der Waals surface area contributed by atoms with E-state index >= 15 is 0 Å². The van der Waals surface area contributed by atoms with Crippen molar-refractivity contribution in [2.24, 2.45) is 11.7 Å². The van der Waals surface area contributed by atoms with E-state index in [0.29, 0.717) is 12.5 Å². The Balaban J connectivity index is 1.63. The van der Waals surface area contributed by atoms with E-state index in [-0.39, 0.29) is 5.91 Å². The topological polar surface area (TPSA) is 49.6 Å². The van der Waals surface area contributed by atoms with E-state index in [0.717, 1.165) is 45.6 Å². The van der Waals surface area contributed by atoms with Crippen LogP contribution in [-0.4, -0.2) is 41.9 Å². The van der Waals surface area contributed by atoms with Gasteiger partial charge < -0.3 is 10.6 Å². The first-order valence-electron chi connectivity index (χ1n) is 9.52. The minimum absolute atomic E-state index is 0.229. The standard InChI is InChI=1S/C22H29N3O/c23-15-19-11-13-25(14-12-19)22(26)18-24(16-20-7-3-1-4-8-20)17-21-9-5-2-6-10-21/h1-10,19H,11-18,23H2. The Kier molecular flexibility index (Phi) is 6.81. The fourth-order valence-corrected chi connectivity index (χ4v) is 3.56. The van der Waals surface area contributed by atoms with E-state index in [1.165, 1.54) is 11.1 Å². The average molecular weight is 351 g/mol. The van der Waals surface area contributed by atoms with Crippen LogP contribution in [0.4, 0.5) is 0 Å². The number of carbonyl (C=O) groups is 1. The van der Waals surface area contributed by atoms with Gasteiger partial charge in [-0.25, -0.2) is 0 Å². The van der Waals surface area contributed by atoms with Crippen LogP contribution < -0.4 is 5.73 Å². The summed E-state index contributed by atoms with van der Waals surface area (Å²) in [6.07, 6.45) is 2.05. The summed E-state index contributed by atoms with van der Waals surface area (Å²) < 4.78 is 0. The molecule has 4 heteroatoms. The number of benzene rings is 2. The van der Waals surface area contributed by atoms with Crippen molar-refractivity contribution >= 4 is 5.91 Å². The summed E-state index contributed by atoms with van der Waals surface area (Å²) in [4.78, 5) is 17.1. The number of hydrogen-bond acceptors (Lipinski definition) is 3. The Morgan fingerprint density at radius 1 is 0.923 bits per heavy atom. The zero-order valence-electron chi connectivity index (χ0n) is 15.4. The van der Waals surface area contributed by atoms with Crippen molar-refractivity contribution < 1.29 is 4.79 Å². The summed E-state index contributed by atoms with van der Waals surface area (Å²) in [6, 6.07) is 20.7. The van der Waals surface area contributed by atoms with Gasteiger partial charge in [-0.05, 0) is 36.4 Å². The van der Waals surface area contributed by atoms with Crippen LogP contribution in [0.2, 0.25) is 0 Å². The molecule has 1 heterocycles. The van der Waals surface area contributed by atoms with Gasteiger partial charge in [-0.15, -0.1) is 0 Å². The predicted molar refractivity (Wildman–Crippen MR) is 105 cm³/mol. The van der Waals surface area contributed by atoms with Crippen LogP contribution in [-0.2, 0) is 17.9 Å². The van der Waals surface area contributed by atoms with Crippen LogP contribution in [0.3, 0.4) is 0 Å². The SMILES string of the molecule is NCC1CCN(C(=O)CN(Cc2ccccc2)Cc2ccccc2)CC1. The molecule has 3 rings (SSSR count). The van der Waals surface area contributed by atoms with E-state index in [1.54, 1.807) is 0 Å². The normalized spacial score (nSPS) is 15.4. The number of nitrogens with zero attached hydrogens (tertiary/aromatic N) is 2. The lowest BCUT2D eigenvalue weighted by molar-refractivity contribution is -0.134. The van der Waals surface area contributed by atoms with E-state index in [1.807, 2.05) is 17.0 Å². The molecule has 26 heavy (non-hydrogen) atoms. The summed E-state index contributed by atoms with van der Waals surface area (Å²) in [5.74, 6) is 0.802. The van der Waals surface area contributed by atoms with Crippen molar-refractivity contribution in [2.75, 3.05) is 26.2 Å². The van der Waals surface area contributed by atoms with Gasteiger partial charge in [0.25, 0.3) is 0 Å². The molecule has 2 N–H and O–H groups in total. The Bertz CT molecular complexity index is 625. The molecule has 2 aromatic rings. The molecule has 0 aliphatic carbocycles. The van der Waals surface area contributed by atoms with Crippen molar-refractivity contribution in [3.8, 4) is 0 Å². The van der Waals surface area contributed by atoms with Crippen LogP contribution in [0.1, 0.15) is 24.0 Å². The number of likely N-dealkylation sites (tertiary alicyclic amines) is 1. The van der Waals surface area contributed by atoms with Gasteiger partial charge in [0.05, 0.1) is 6.54 Å². The van der Waals surface area contributed by atoms with Gasteiger partial charge in [-0.1, -0.05) is 60.7 Å². The highest BCUT2D eigenvalue weighted by Gasteiger charge is 2.23. The van der Waals surface area contributed by atoms with Gasteiger partial charge in [-0.3, -0.25) is 9.69 Å². The van der Waals surface area contributed by atoms with Crippen molar-refractivity contribution in [1.29, 1.82) is 0 Å². The molecule has 0 aromatic heterocycles.